The second-order valence-corrected chi connectivity index (χ2v) is 7.40. The molecule has 0 radical (unpaired) electrons. The van der Waals surface area contributed by atoms with Crippen molar-refractivity contribution in [3.05, 3.63) is 46.8 Å². The van der Waals surface area contributed by atoms with Gasteiger partial charge in [0.2, 0.25) is 11.1 Å². The van der Waals surface area contributed by atoms with E-state index in [0.717, 1.165) is 10.4 Å². The van der Waals surface area contributed by atoms with Crippen LogP contribution in [-0.4, -0.2) is 39.6 Å². The number of nitrogen functional groups attached to an aromatic ring is 1. The van der Waals surface area contributed by atoms with E-state index in [1.54, 1.807) is 18.2 Å². The number of aromatic nitrogens is 3. The number of nitrogens with one attached hydrogen (secondary N) is 1. The van der Waals surface area contributed by atoms with E-state index >= 15 is 0 Å². The fourth-order valence-corrected chi connectivity index (χ4v) is 3.63. The van der Waals surface area contributed by atoms with Crippen molar-refractivity contribution in [2.75, 3.05) is 24.0 Å². The summed E-state index contributed by atoms with van der Waals surface area (Å²) in [6.45, 7) is 1.84. The number of rotatable bonds is 6. The summed E-state index contributed by atoms with van der Waals surface area (Å²) < 4.78 is 6.07. The number of nitrogens with two attached hydrogens (primary N) is 1. The molecule has 0 aliphatic rings. The minimum absolute atomic E-state index is 0.0989. The van der Waals surface area contributed by atoms with E-state index in [1.807, 2.05) is 24.4 Å². The number of ether oxygens (including phenoxy) is 1. The molecule has 0 saturated carbocycles. The highest BCUT2D eigenvalue weighted by Crippen LogP contribution is 2.25. The van der Waals surface area contributed by atoms with Crippen LogP contribution in [0, 0.1) is 6.92 Å². The Morgan fingerprint density at radius 1 is 1.33 bits per heavy atom. The lowest BCUT2D eigenvalue weighted by molar-refractivity contribution is -0.113. The summed E-state index contributed by atoms with van der Waals surface area (Å²) in [5.41, 5.74) is 1.76. The highest BCUT2D eigenvalue weighted by atomic mass is 32.2. The summed E-state index contributed by atoms with van der Waals surface area (Å²) in [6.07, 6.45) is 0. The van der Waals surface area contributed by atoms with Gasteiger partial charge >= 0.3 is 5.97 Å². The van der Waals surface area contributed by atoms with Gasteiger partial charge in [0.05, 0.1) is 23.3 Å². The fraction of sp³-hybridized carbons (Fsp3) is 0.176. The second kappa shape index (κ2) is 8.23. The first-order chi connectivity index (χ1) is 13.0. The summed E-state index contributed by atoms with van der Waals surface area (Å²) in [6, 6.07) is 8.79. The van der Waals surface area contributed by atoms with Crippen molar-refractivity contribution in [3.63, 3.8) is 0 Å². The number of thioether (sulfide) groups is 1. The number of hydrogen-bond donors (Lipinski definition) is 2. The number of thiophene rings is 1. The molecule has 27 heavy (non-hydrogen) atoms. The van der Waals surface area contributed by atoms with E-state index in [0.29, 0.717) is 22.2 Å². The Bertz CT molecular complexity index is 969. The molecule has 2 aromatic heterocycles. The van der Waals surface area contributed by atoms with Crippen molar-refractivity contribution in [2.45, 2.75) is 12.1 Å². The number of carbonyl (C=O) groups is 2. The molecular weight excluding hydrogens is 386 g/mol. The zero-order valence-electron chi connectivity index (χ0n) is 14.6. The van der Waals surface area contributed by atoms with E-state index in [2.05, 4.69) is 15.5 Å². The van der Waals surface area contributed by atoms with Gasteiger partial charge in [0.25, 0.3) is 0 Å². The van der Waals surface area contributed by atoms with Crippen molar-refractivity contribution >= 4 is 40.7 Å². The average molecular weight is 403 g/mol. The van der Waals surface area contributed by atoms with Gasteiger partial charge in [-0.25, -0.2) is 9.47 Å². The lowest BCUT2D eigenvalue weighted by Gasteiger charge is -2.10. The van der Waals surface area contributed by atoms with Crippen LogP contribution in [0.4, 0.5) is 5.69 Å². The SMILES string of the molecule is COC(=O)c1ccc(C)c(NC(=O)CSc2nnc(-c3cccs3)n2N)c1. The largest absolute Gasteiger partial charge is 0.465 e. The van der Waals surface area contributed by atoms with Crippen LogP contribution in [0.15, 0.2) is 40.9 Å². The zero-order chi connectivity index (χ0) is 19.4. The maximum absolute atomic E-state index is 12.3. The van der Waals surface area contributed by atoms with E-state index in [4.69, 9.17) is 10.6 Å². The standard InChI is InChI=1S/C17H17N5O3S2/c1-10-5-6-11(16(24)25-2)8-12(10)19-14(23)9-27-17-21-20-15(22(17)18)13-4-3-7-26-13/h3-8H,9,18H2,1-2H3,(H,19,23). The van der Waals surface area contributed by atoms with E-state index < -0.39 is 5.97 Å². The monoisotopic (exact) mass is 403 g/mol. The summed E-state index contributed by atoms with van der Waals surface area (Å²) in [7, 11) is 1.31. The molecule has 3 rings (SSSR count). The molecule has 0 saturated heterocycles. The van der Waals surface area contributed by atoms with Gasteiger partial charge in [0.15, 0.2) is 5.82 Å². The number of methoxy groups -OCH3 is 1. The Morgan fingerprint density at radius 2 is 2.15 bits per heavy atom. The van der Waals surface area contributed by atoms with Crippen LogP contribution in [0.5, 0.6) is 0 Å². The summed E-state index contributed by atoms with van der Waals surface area (Å²) in [5, 5.41) is 13.3. The smallest absolute Gasteiger partial charge is 0.337 e. The van der Waals surface area contributed by atoms with Gasteiger partial charge in [0, 0.05) is 5.69 Å². The molecule has 3 aromatic rings. The Labute approximate surface area is 163 Å². The molecule has 0 fully saturated rings. The molecule has 0 atom stereocenters. The van der Waals surface area contributed by atoms with E-state index in [1.165, 1.54) is 34.9 Å². The van der Waals surface area contributed by atoms with Gasteiger partial charge in [-0.15, -0.1) is 21.5 Å². The van der Waals surface area contributed by atoms with Gasteiger partial charge in [-0.1, -0.05) is 23.9 Å². The molecule has 2 heterocycles. The summed E-state index contributed by atoms with van der Waals surface area (Å²) in [4.78, 5) is 24.8. The number of esters is 1. The molecule has 140 valence electrons. The molecule has 0 bridgehead atoms. The van der Waals surface area contributed by atoms with Crippen LogP contribution in [0.2, 0.25) is 0 Å². The topological polar surface area (TPSA) is 112 Å². The van der Waals surface area contributed by atoms with Crippen molar-refractivity contribution in [2.24, 2.45) is 0 Å². The molecule has 1 amide bonds. The summed E-state index contributed by atoms with van der Waals surface area (Å²) >= 11 is 2.69. The number of aryl methyl sites for hydroxylation is 1. The number of anilines is 1. The third kappa shape index (κ3) is 4.29. The van der Waals surface area contributed by atoms with Crippen LogP contribution < -0.4 is 11.2 Å². The predicted molar refractivity (Wildman–Crippen MR) is 105 cm³/mol. The summed E-state index contributed by atoms with van der Waals surface area (Å²) in [5.74, 6) is 5.96. The molecule has 3 N–H and O–H groups in total. The number of hydrogen-bond acceptors (Lipinski definition) is 8. The lowest BCUT2D eigenvalue weighted by Crippen LogP contribution is -2.17. The highest BCUT2D eigenvalue weighted by Gasteiger charge is 2.15. The average Bonchev–Trinajstić information content (AvgIpc) is 3.31. The van der Waals surface area contributed by atoms with Gasteiger partial charge < -0.3 is 15.9 Å². The van der Waals surface area contributed by atoms with Crippen molar-refractivity contribution in [1.29, 1.82) is 0 Å². The van der Waals surface area contributed by atoms with E-state index in [-0.39, 0.29) is 11.7 Å². The Hall–Kier alpha value is -2.85. The first-order valence-corrected chi connectivity index (χ1v) is 9.72. The van der Waals surface area contributed by atoms with Crippen LogP contribution in [0.1, 0.15) is 15.9 Å². The fourth-order valence-electron chi connectivity index (χ4n) is 2.27. The van der Waals surface area contributed by atoms with Gasteiger partial charge in [-0.05, 0) is 36.1 Å². The maximum atomic E-state index is 12.3. The first kappa shape index (κ1) is 18.9. The van der Waals surface area contributed by atoms with Crippen LogP contribution in [0.25, 0.3) is 10.7 Å². The van der Waals surface area contributed by atoms with Crippen LogP contribution >= 0.6 is 23.1 Å². The van der Waals surface area contributed by atoms with Gasteiger partial charge in [-0.3, -0.25) is 4.79 Å². The van der Waals surface area contributed by atoms with E-state index in [9.17, 15) is 9.59 Å². The third-order valence-electron chi connectivity index (χ3n) is 3.67. The molecular formula is C17H17N5O3S2. The zero-order valence-corrected chi connectivity index (χ0v) is 16.3. The highest BCUT2D eigenvalue weighted by molar-refractivity contribution is 7.99. The van der Waals surface area contributed by atoms with Crippen molar-refractivity contribution in [3.8, 4) is 10.7 Å². The maximum Gasteiger partial charge on any atom is 0.337 e. The number of nitrogens with zero attached hydrogens (tertiary/aromatic N) is 3. The Balaban J connectivity index is 1.65. The van der Waals surface area contributed by atoms with Crippen LogP contribution in [0.3, 0.4) is 0 Å². The molecule has 10 heteroatoms. The molecule has 0 aliphatic heterocycles. The first-order valence-electron chi connectivity index (χ1n) is 7.85. The minimum Gasteiger partial charge on any atom is -0.465 e. The molecule has 8 nitrogen and oxygen atoms in total. The molecule has 0 aliphatic carbocycles. The van der Waals surface area contributed by atoms with Crippen LogP contribution in [-0.2, 0) is 9.53 Å². The number of amides is 1. The van der Waals surface area contributed by atoms with Gasteiger partial charge in [0.1, 0.15) is 0 Å². The Kier molecular flexibility index (Phi) is 5.77. The van der Waals surface area contributed by atoms with Crippen molar-refractivity contribution < 1.29 is 14.3 Å². The number of carbonyl (C=O) groups excluding carboxylic acids is 2. The quantitative estimate of drug-likeness (QED) is 0.369. The second-order valence-electron chi connectivity index (χ2n) is 5.51. The lowest BCUT2D eigenvalue weighted by atomic mass is 10.1. The third-order valence-corrected chi connectivity index (χ3v) is 5.48. The Morgan fingerprint density at radius 3 is 2.85 bits per heavy atom. The predicted octanol–water partition coefficient (Wildman–Crippen LogP) is 2.55. The molecule has 1 aromatic carbocycles. The van der Waals surface area contributed by atoms with Crippen molar-refractivity contribution in [1.82, 2.24) is 14.9 Å². The molecule has 0 unspecified atom stereocenters. The minimum atomic E-state index is -0.461. The van der Waals surface area contributed by atoms with Gasteiger partial charge in [-0.2, -0.15) is 0 Å². The molecule has 0 spiro atoms. The normalized spacial score (nSPS) is 10.6. The number of benzene rings is 1.